The van der Waals surface area contributed by atoms with Crippen molar-refractivity contribution in [1.82, 2.24) is 0 Å². The summed E-state index contributed by atoms with van der Waals surface area (Å²) in [4.78, 5) is 25.5. The molecule has 5 nitrogen and oxygen atoms in total. The van der Waals surface area contributed by atoms with E-state index >= 15 is 0 Å². The van der Waals surface area contributed by atoms with Gasteiger partial charge in [-0.3, -0.25) is 4.79 Å². The van der Waals surface area contributed by atoms with Crippen LogP contribution < -0.4 is 4.90 Å². The van der Waals surface area contributed by atoms with Crippen LogP contribution >= 0.6 is 0 Å². The van der Waals surface area contributed by atoms with E-state index in [1.165, 1.54) is 23.1 Å². The van der Waals surface area contributed by atoms with Gasteiger partial charge in [-0.05, 0) is 35.9 Å². The molecule has 0 aliphatic carbocycles. The average Bonchev–Trinajstić information content (AvgIpc) is 2.71. The summed E-state index contributed by atoms with van der Waals surface area (Å²) in [7, 11) is 0. The normalized spacial score (nSPS) is 11.1. The van der Waals surface area contributed by atoms with Gasteiger partial charge in [0.05, 0.1) is 18.1 Å². The molecule has 0 radical (unpaired) electrons. The number of ether oxygens (including phenoxy) is 1. The highest BCUT2D eigenvalue weighted by Gasteiger charge is 2.29. The maximum Gasteiger partial charge on any atom is 0.416 e. The lowest BCUT2D eigenvalue weighted by Gasteiger charge is -2.21. The van der Waals surface area contributed by atoms with Crippen LogP contribution in [-0.2, 0) is 20.5 Å². The van der Waals surface area contributed by atoms with Crippen molar-refractivity contribution in [2.24, 2.45) is 0 Å². The third-order valence-corrected chi connectivity index (χ3v) is 3.80. The predicted octanol–water partition coefficient (Wildman–Crippen LogP) is 4.21. The summed E-state index contributed by atoms with van der Waals surface area (Å²) in [5.74, 6) is -1.31. The Morgan fingerprint density at radius 1 is 1.07 bits per heavy atom. The van der Waals surface area contributed by atoms with Crippen molar-refractivity contribution >= 4 is 23.6 Å². The number of amides is 1. The Bertz CT molecular complexity index is 902. The quantitative estimate of drug-likeness (QED) is 0.514. The molecule has 2 rings (SSSR count). The molecule has 1 amide bonds. The zero-order valence-electron chi connectivity index (χ0n) is 15.2. The number of halogens is 3. The fourth-order valence-electron chi connectivity index (χ4n) is 2.37. The monoisotopic (exact) mass is 402 g/mol. The zero-order valence-corrected chi connectivity index (χ0v) is 15.2. The minimum Gasteiger partial charge on any atom is -0.452 e. The summed E-state index contributed by atoms with van der Waals surface area (Å²) in [5.41, 5.74) is 0.159. The van der Waals surface area contributed by atoms with Crippen molar-refractivity contribution in [2.45, 2.75) is 12.6 Å². The highest BCUT2D eigenvalue weighted by Crippen LogP contribution is 2.29. The molecule has 0 N–H and O–H groups in total. The maximum absolute atomic E-state index is 12.5. The van der Waals surface area contributed by atoms with Crippen molar-refractivity contribution in [3.05, 3.63) is 71.8 Å². The largest absolute Gasteiger partial charge is 0.452 e. The van der Waals surface area contributed by atoms with E-state index in [-0.39, 0.29) is 13.0 Å². The van der Waals surface area contributed by atoms with Gasteiger partial charge in [0.2, 0.25) is 0 Å². The minimum absolute atomic E-state index is 0.113. The van der Waals surface area contributed by atoms with Gasteiger partial charge in [0.25, 0.3) is 5.91 Å². The molecule has 0 atom stereocenters. The maximum atomic E-state index is 12.5. The van der Waals surface area contributed by atoms with Crippen LogP contribution in [0.5, 0.6) is 0 Å². The molecule has 0 saturated carbocycles. The number of rotatable bonds is 7. The molecule has 8 heteroatoms. The SMILES string of the molecule is N#CCCN(C(=O)COC(=O)C=Cc1ccc(C(F)(F)F)cc1)c1ccccc1. The molecular weight excluding hydrogens is 385 g/mol. The first-order chi connectivity index (χ1) is 13.8. The Kier molecular flexibility index (Phi) is 7.54. The molecule has 0 aromatic heterocycles. The Morgan fingerprint density at radius 3 is 2.31 bits per heavy atom. The average molecular weight is 402 g/mol. The van der Waals surface area contributed by atoms with Crippen LogP contribution in [0.1, 0.15) is 17.5 Å². The summed E-state index contributed by atoms with van der Waals surface area (Å²) >= 11 is 0. The van der Waals surface area contributed by atoms with Crippen molar-refractivity contribution in [3.8, 4) is 6.07 Å². The van der Waals surface area contributed by atoms with Gasteiger partial charge in [0.1, 0.15) is 0 Å². The van der Waals surface area contributed by atoms with Crippen molar-refractivity contribution in [2.75, 3.05) is 18.1 Å². The number of nitriles is 1. The molecule has 0 bridgehead atoms. The number of nitrogens with zero attached hydrogens (tertiary/aromatic N) is 2. The summed E-state index contributed by atoms with van der Waals surface area (Å²) in [6, 6.07) is 14.8. The first kappa shape index (κ1) is 21.7. The second-order valence-electron chi connectivity index (χ2n) is 5.85. The lowest BCUT2D eigenvalue weighted by atomic mass is 10.1. The minimum atomic E-state index is -4.43. The van der Waals surface area contributed by atoms with Crippen LogP contribution in [0.2, 0.25) is 0 Å². The van der Waals surface area contributed by atoms with Gasteiger partial charge < -0.3 is 9.64 Å². The van der Waals surface area contributed by atoms with Crippen LogP contribution in [0.25, 0.3) is 6.08 Å². The Balaban J connectivity index is 1.93. The molecule has 0 unspecified atom stereocenters. The Hall–Kier alpha value is -3.60. The summed E-state index contributed by atoms with van der Waals surface area (Å²) in [5, 5.41) is 8.76. The first-order valence-corrected chi connectivity index (χ1v) is 8.55. The number of hydrogen-bond acceptors (Lipinski definition) is 4. The topological polar surface area (TPSA) is 70.4 Å². The summed E-state index contributed by atoms with van der Waals surface area (Å²) in [6.45, 7) is -0.380. The third kappa shape index (κ3) is 6.81. The summed E-state index contributed by atoms with van der Waals surface area (Å²) in [6.07, 6.45) is -2.00. The van der Waals surface area contributed by atoms with Crippen molar-refractivity contribution in [1.29, 1.82) is 5.26 Å². The van der Waals surface area contributed by atoms with E-state index in [1.54, 1.807) is 30.3 Å². The highest BCUT2D eigenvalue weighted by molar-refractivity contribution is 5.96. The zero-order chi connectivity index (χ0) is 21.3. The second-order valence-corrected chi connectivity index (χ2v) is 5.85. The van der Waals surface area contributed by atoms with Crippen LogP contribution in [0.4, 0.5) is 18.9 Å². The van der Waals surface area contributed by atoms with Crippen molar-refractivity contribution < 1.29 is 27.5 Å². The summed E-state index contributed by atoms with van der Waals surface area (Å²) < 4.78 is 42.5. The molecule has 0 aliphatic rings. The van der Waals surface area contributed by atoms with E-state index in [1.807, 2.05) is 6.07 Å². The van der Waals surface area contributed by atoms with Crippen molar-refractivity contribution in [3.63, 3.8) is 0 Å². The van der Waals surface area contributed by atoms with E-state index in [0.29, 0.717) is 11.3 Å². The number of alkyl halides is 3. The fraction of sp³-hybridized carbons (Fsp3) is 0.190. The van der Waals surface area contributed by atoms with Gasteiger partial charge in [-0.1, -0.05) is 30.3 Å². The van der Waals surface area contributed by atoms with Gasteiger partial charge in [0.15, 0.2) is 6.61 Å². The van der Waals surface area contributed by atoms with E-state index in [4.69, 9.17) is 10.00 Å². The Labute approximate surface area is 165 Å². The smallest absolute Gasteiger partial charge is 0.416 e. The number of hydrogen-bond donors (Lipinski definition) is 0. The first-order valence-electron chi connectivity index (χ1n) is 8.55. The van der Waals surface area contributed by atoms with Gasteiger partial charge >= 0.3 is 12.1 Å². The number of benzene rings is 2. The van der Waals surface area contributed by atoms with E-state index in [0.717, 1.165) is 18.2 Å². The third-order valence-electron chi connectivity index (χ3n) is 3.80. The molecular formula is C21H17F3N2O3. The van der Waals surface area contributed by atoms with Gasteiger partial charge in [-0.2, -0.15) is 18.4 Å². The van der Waals surface area contributed by atoms with Gasteiger partial charge in [0, 0.05) is 18.3 Å². The van der Waals surface area contributed by atoms with E-state index in [9.17, 15) is 22.8 Å². The van der Waals surface area contributed by atoms with Gasteiger partial charge in [-0.15, -0.1) is 0 Å². The predicted molar refractivity (Wildman–Crippen MR) is 100 cm³/mol. The highest BCUT2D eigenvalue weighted by atomic mass is 19.4. The molecule has 29 heavy (non-hydrogen) atoms. The molecule has 2 aromatic carbocycles. The van der Waals surface area contributed by atoms with Gasteiger partial charge in [-0.25, -0.2) is 4.79 Å². The molecule has 2 aromatic rings. The number of esters is 1. The Morgan fingerprint density at radius 2 is 1.72 bits per heavy atom. The fourth-order valence-corrected chi connectivity index (χ4v) is 2.37. The van der Waals surface area contributed by atoms with Crippen LogP contribution in [0.3, 0.4) is 0 Å². The standard InChI is InChI=1S/C21H17F3N2O3/c22-21(23,24)17-10-7-16(8-11-17)9-12-20(28)29-15-19(27)26(14-4-13-25)18-5-2-1-3-6-18/h1-3,5-12H,4,14-15H2. The number of anilines is 1. The molecule has 0 fully saturated rings. The second kappa shape index (κ2) is 10.1. The molecule has 0 spiro atoms. The van der Waals surface area contributed by atoms with Crippen LogP contribution in [0.15, 0.2) is 60.7 Å². The van der Waals surface area contributed by atoms with Crippen LogP contribution in [0, 0.1) is 11.3 Å². The number of carbonyl (C=O) groups is 2. The van der Waals surface area contributed by atoms with E-state index in [2.05, 4.69) is 0 Å². The van der Waals surface area contributed by atoms with E-state index < -0.39 is 30.2 Å². The molecule has 0 saturated heterocycles. The lowest BCUT2D eigenvalue weighted by molar-refractivity contribution is -0.142. The number of carbonyl (C=O) groups excluding carboxylic acids is 2. The molecule has 150 valence electrons. The van der Waals surface area contributed by atoms with Crippen LogP contribution in [-0.4, -0.2) is 25.0 Å². The molecule has 0 heterocycles. The number of para-hydroxylation sites is 1. The lowest BCUT2D eigenvalue weighted by Crippen LogP contribution is -2.35. The molecule has 0 aliphatic heterocycles.